The lowest BCUT2D eigenvalue weighted by Crippen LogP contribution is -2.08. The highest BCUT2D eigenvalue weighted by Crippen LogP contribution is 2.20. The van der Waals surface area contributed by atoms with Crippen molar-refractivity contribution in [3.05, 3.63) is 28.2 Å². The van der Waals surface area contributed by atoms with Crippen molar-refractivity contribution in [2.45, 2.75) is 6.42 Å². The van der Waals surface area contributed by atoms with Crippen LogP contribution in [0.15, 0.2) is 22.7 Å². The fourth-order valence-corrected chi connectivity index (χ4v) is 1.69. The van der Waals surface area contributed by atoms with Crippen molar-refractivity contribution in [3.63, 3.8) is 0 Å². The molecule has 1 aromatic carbocycles. The van der Waals surface area contributed by atoms with Gasteiger partial charge in [0.2, 0.25) is 0 Å². The molecule has 0 amide bonds. The van der Waals surface area contributed by atoms with Gasteiger partial charge in [-0.25, -0.2) is 0 Å². The number of aliphatic hydroxyl groups excluding tert-OH is 1. The average molecular weight is 299 g/mol. The molecule has 0 atom stereocenters. The fraction of sp³-hybridized carbons (Fsp3) is 0.417. The summed E-state index contributed by atoms with van der Waals surface area (Å²) >= 11 is 3.32. The van der Waals surface area contributed by atoms with Crippen LogP contribution in [0.5, 0.6) is 0 Å². The summed E-state index contributed by atoms with van der Waals surface area (Å²) in [5, 5.41) is 20.6. The van der Waals surface area contributed by atoms with E-state index in [1.807, 2.05) is 12.1 Å². The van der Waals surface area contributed by atoms with E-state index in [-0.39, 0.29) is 6.61 Å². The van der Waals surface area contributed by atoms with Crippen molar-refractivity contribution in [1.29, 1.82) is 5.26 Å². The van der Waals surface area contributed by atoms with Crippen molar-refractivity contribution in [3.8, 4) is 6.07 Å². The lowest BCUT2D eigenvalue weighted by atomic mass is 10.2. The molecule has 0 radical (unpaired) electrons. The third kappa shape index (κ3) is 5.18. The quantitative estimate of drug-likeness (QED) is 0.757. The molecule has 0 saturated carbocycles. The maximum Gasteiger partial charge on any atom is 0.101 e. The van der Waals surface area contributed by atoms with E-state index >= 15 is 0 Å². The summed E-state index contributed by atoms with van der Waals surface area (Å²) in [6.07, 6.45) is 0.834. The summed E-state index contributed by atoms with van der Waals surface area (Å²) in [5.74, 6) is 0. The number of ether oxygens (including phenoxy) is 1. The predicted octanol–water partition coefficient (Wildman–Crippen LogP) is 2.13. The van der Waals surface area contributed by atoms with Gasteiger partial charge in [0.1, 0.15) is 6.07 Å². The molecule has 0 fully saturated rings. The zero-order chi connectivity index (χ0) is 12.5. The van der Waals surface area contributed by atoms with Gasteiger partial charge < -0.3 is 15.2 Å². The molecule has 1 aromatic rings. The highest BCUT2D eigenvalue weighted by atomic mass is 79.9. The van der Waals surface area contributed by atoms with Crippen LogP contribution in [0.4, 0.5) is 5.69 Å². The molecule has 2 N–H and O–H groups in total. The summed E-state index contributed by atoms with van der Waals surface area (Å²) in [5.41, 5.74) is 1.45. The smallest absolute Gasteiger partial charge is 0.101 e. The Morgan fingerprint density at radius 2 is 2.24 bits per heavy atom. The van der Waals surface area contributed by atoms with Gasteiger partial charge in [0.15, 0.2) is 0 Å². The van der Waals surface area contributed by atoms with Gasteiger partial charge in [-0.15, -0.1) is 0 Å². The van der Waals surface area contributed by atoms with Crippen LogP contribution in [0.25, 0.3) is 0 Å². The number of nitrogens with zero attached hydrogens (tertiary/aromatic N) is 1. The molecular weight excluding hydrogens is 284 g/mol. The number of hydrogen-bond acceptors (Lipinski definition) is 4. The second-order valence-electron chi connectivity index (χ2n) is 3.42. The van der Waals surface area contributed by atoms with E-state index in [4.69, 9.17) is 15.1 Å². The minimum atomic E-state index is 0.0543. The molecule has 92 valence electrons. The van der Waals surface area contributed by atoms with Crippen molar-refractivity contribution in [2.24, 2.45) is 0 Å². The van der Waals surface area contributed by atoms with Crippen LogP contribution in [-0.4, -0.2) is 31.5 Å². The summed E-state index contributed by atoms with van der Waals surface area (Å²) in [6, 6.07) is 7.69. The molecule has 17 heavy (non-hydrogen) atoms. The lowest BCUT2D eigenvalue weighted by Gasteiger charge is -2.08. The Morgan fingerprint density at radius 3 is 2.94 bits per heavy atom. The zero-order valence-corrected chi connectivity index (χ0v) is 11.0. The van der Waals surface area contributed by atoms with Gasteiger partial charge in [0, 0.05) is 17.6 Å². The SMILES string of the molecule is N#Cc1cc(Br)ccc1NCCCOCCO. The van der Waals surface area contributed by atoms with Gasteiger partial charge in [0.05, 0.1) is 24.5 Å². The van der Waals surface area contributed by atoms with E-state index in [9.17, 15) is 0 Å². The molecular formula is C12H15BrN2O2. The van der Waals surface area contributed by atoms with Crippen LogP contribution in [0.2, 0.25) is 0 Å². The normalized spacial score (nSPS) is 9.94. The molecule has 0 bridgehead atoms. The van der Waals surface area contributed by atoms with E-state index in [1.165, 1.54) is 0 Å². The number of nitrogens with one attached hydrogen (secondary N) is 1. The maximum absolute atomic E-state index is 8.95. The van der Waals surface area contributed by atoms with Crippen LogP contribution in [-0.2, 0) is 4.74 Å². The maximum atomic E-state index is 8.95. The van der Waals surface area contributed by atoms with Crippen molar-refractivity contribution in [1.82, 2.24) is 0 Å². The highest BCUT2D eigenvalue weighted by Gasteiger charge is 2.01. The number of rotatable bonds is 7. The minimum Gasteiger partial charge on any atom is -0.394 e. The molecule has 0 aromatic heterocycles. The van der Waals surface area contributed by atoms with Gasteiger partial charge in [-0.3, -0.25) is 0 Å². The molecule has 0 aliphatic rings. The topological polar surface area (TPSA) is 65.3 Å². The number of hydrogen-bond donors (Lipinski definition) is 2. The Hall–Kier alpha value is -1.09. The molecule has 1 rings (SSSR count). The lowest BCUT2D eigenvalue weighted by molar-refractivity contribution is 0.0922. The minimum absolute atomic E-state index is 0.0543. The molecule has 0 aliphatic heterocycles. The first-order valence-corrected chi connectivity index (χ1v) is 6.19. The Labute approximate surface area is 109 Å². The molecule has 5 heteroatoms. The van der Waals surface area contributed by atoms with E-state index in [2.05, 4.69) is 27.3 Å². The molecule has 4 nitrogen and oxygen atoms in total. The average Bonchev–Trinajstić information content (AvgIpc) is 2.35. The number of anilines is 1. The Morgan fingerprint density at radius 1 is 1.41 bits per heavy atom. The first kappa shape index (κ1) is 14.0. The molecule has 0 saturated heterocycles. The van der Waals surface area contributed by atoms with Crippen molar-refractivity contribution >= 4 is 21.6 Å². The van der Waals surface area contributed by atoms with E-state index in [1.54, 1.807) is 6.07 Å². The summed E-state index contributed by atoms with van der Waals surface area (Å²) in [4.78, 5) is 0. The first-order chi connectivity index (χ1) is 8.27. The van der Waals surface area contributed by atoms with E-state index < -0.39 is 0 Å². The molecule has 0 aliphatic carbocycles. The largest absolute Gasteiger partial charge is 0.394 e. The Balaban J connectivity index is 2.34. The van der Waals surface area contributed by atoms with Gasteiger partial charge in [0.25, 0.3) is 0 Å². The van der Waals surface area contributed by atoms with Gasteiger partial charge >= 0.3 is 0 Å². The third-order valence-corrected chi connectivity index (χ3v) is 2.61. The second kappa shape index (κ2) is 8.07. The zero-order valence-electron chi connectivity index (χ0n) is 9.45. The van der Waals surface area contributed by atoms with Crippen LogP contribution in [0, 0.1) is 11.3 Å². The summed E-state index contributed by atoms with van der Waals surface area (Å²) in [7, 11) is 0. The first-order valence-electron chi connectivity index (χ1n) is 5.40. The summed E-state index contributed by atoms with van der Waals surface area (Å²) in [6.45, 7) is 1.77. The van der Waals surface area contributed by atoms with E-state index in [0.29, 0.717) is 18.8 Å². The van der Waals surface area contributed by atoms with Crippen LogP contribution < -0.4 is 5.32 Å². The van der Waals surface area contributed by atoms with Crippen molar-refractivity contribution < 1.29 is 9.84 Å². The van der Waals surface area contributed by atoms with Crippen LogP contribution in [0.3, 0.4) is 0 Å². The molecule has 0 heterocycles. The Bertz CT molecular complexity index is 391. The predicted molar refractivity (Wildman–Crippen MR) is 69.9 cm³/mol. The third-order valence-electron chi connectivity index (χ3n) is 2.12. The Kier molecular flexibility index (Phi) is 6.63. The van der Waals surface area contributed by atoms with E-state index in [0.717, 1.165) is 23.1 Å². The monoisotopic (exact) mass is 298 g/mol. The van der Waals surface area contributed by atoms with Crippen LogP contribution >= 0.6 is 15.9 Å². The number of benzene rings is 1. The number of aliphatic hydroxyl groups is 1. The number of halogens is 1. The highest BCUT2D eigenvalue weighted by molar-refractivity contribution is 9.10. The van der Waals surface area contributed by atoms with Gasteiger partial charge in [-0.2, -0.15) is 5.26 Å². The summed E-state index contributed by atoms with van der Waals surface area (Å²) < 4.78 is 6.03. The molecule has 0 unspecified atom stereocenters. The molecule has 0 spiro atoms. The van der Waals surface area contributed by atoms with Gasteiger partial charge in [-0.05, 0) is 24.6 Å². The van der Waals surface area contributed by atoms with Crippen LogP contribution in [0.1, 0.15) is 12.0 Å². The fourth-order valence-electron chi connectivity index (χ4n) is 1.33. The second-order valence-corrected chi connectivity index (χ2v) is 4.33. The number of nitriles is 1. The standard InChI is InChI=1S/C12H15BrN2O2/c13-11-2-3-12(10(8-11)9-14)15-4-1-6-17-7-5-16/h2-3,8,15-16H,1,4-7H2. The van der Waals surface area contributed by atoms with Crippen molar-refractivity contribution in [2.75, 3.05) is 31.7 Å². The van der Waals surface area contributed by atoms with Gasteiger partial charge in [-0.1, -0.05) is 15.9 Å².